The molecule has 13 heteroatoms. The number of carbonyl (C=O) groups is 2. The fourth-order valence-electron chi connectivity index (χ4n) is 4.58. The Bertz CT molecular complexity index is 1490. The van der Waals surface area contributed by atoms with E-state index >= 15 is 0 Å². The van der Waals surface area contributed by atoms with Crippen molar-refractivity contribution in [2.45, 2.75) is 32.5 Å². The quantitative estimate of drug-likeness (QED) is 0.325. The summed E-state index contributed by atoms with van der Waals surface area (Å²) in [5, 5.41) is 23.8. The third kappa shape index (κ3) is 5.60. The molecule has 0 bridgehead atoms. The van der Waals surface area contributed by atoms with E-state index in [0.29, 0.717) is 40.6 Å². The van der Waals surface area contributed by atoms with Crippen LogP contribution in [0.4, 0.5) is 11.4 Å². The number of hydrogen-bond donors (Lipinski definition) is 3. The number of thiazole rings is 1. The lowest BCUT2D eigenvalue weighted by molar-refractivity contribution is -0.151. The van der Waals surface area contributed by atoms with Crippen LogP contribution in [0.15, 0.2) is 37.1 Å². The van der Waals surface area contributed by atoms with E-state index in [-0.39, 0.29) is 31.1 Å². The average molecular weight is 539 g/mol. The first-order chi connectivity index (χ1) is 18.1. The molecular formula is C25H30N8O4S. The van der Waals surface area contributed by atoms with Crippen LogP contribution in [0.1, 0.15) is 29.9 Å². The van der Waals surface area contributed by atoms with Crippen molar-refractivity contribution in [2.24, 2.45) is 7.05 Å². The van der Waals surface area contributed by atoms with E-state index in [2.05, 4.69) is 25.8 Å². The highest BCUT2D eigenvalue weighted by molar-refractivity contribution is 7.21. The maximum Gasteiger partial charge on any atom is 0.260 e. The normalized spacial score (nSPS) is 17.6. The minimum atomic E-state index is -0.463. The van der Waals surface area contributed by atoms with E-state index in [9.17, 15) is 14.7 Å². The molecule has 0 aliphatic carbocycles. The maximum absolute atomic E-state index is 13.2. The smallest absolute Gasteiger partial charge is 0.260 e. The topological polar surface area (TPSA) is 139 Å². The standard InChI is InChI=1S/C25H30N8O4S/c1-15-20(5-17(7-26-15)29-22(35)12-32-10-18(13-34)37-25(2,3)14-32)30-23(36)19-8-28-33-11-21(38-24(19)33)16-6-27-31(4)9-16/h5-9,11,18,34H,10,12-14H2,1-4H3,(H,29,35)(H,30,36). The summed E-state index contributed by atoms with van der Waals surface area (Å²) in [5.74, 6) is -0.541. The minimum absolute atomic E-state index is 0.105. The van der Waals surface area contributed by atoms with Gasteiger partial charge in [0.2, 0.25) is 5.91 Å². The van der Waals surface area contributed by atoms with Gasteiger partial charge in [0.05, 0.1) is 71.0 Å². The second-order valence-electron chi connectivity index (χ2n) is 10.0. The molecule has 5 heterocycles. The molecule has 3 N–H and O–H groups in total. The summed E-state index contributed by atoms with van der Waals surface area (Å²) in [4.78, 5) is 33.9. The summed E-state index contributed by atoms with van der Waals surface area (Å²) >= 11 is 1.45. The van der Waals surface area contributed by atoms with Crippen LogP contribution in [0, 0.1) is 6.92 Å². The third-order valence-corrected chi connectivity index (χ3v) is 7.33. The van der Waals surface area contributed by atoms with Crippen LogP contribution in [-0.4, -0.2) is 84.1 Å². The second-order valence-corrected chi connectivity index (χ2v) is 11.0. The van der Waals surface area contributed by atoms with Crippen molar-refractivity contribution in [1.82, 2.24) is 29.3 Å². The Balaban J connectivity index is 1.27. The van der Waals surface area contributed by atoms with Gasteiger partial charge in [-0.25, -0.2) is 4.52 Å². The summed E-state index contributed by atoms with van der Waals surface area (Å²) in [6.45, 7) is 6.72. The fraction of sp³-hybridized carbons (Fsp3) is 0.400. The molecule has 2 amide bonds. The number of aliphatic hydroxyl groups excluding tert-OH is 1. The van der Waals surface area contributed by atoms with Gasteiger partial charge in [-0.1, -0.05) is 0 Å². The van der Waals surface area contributed by atoms with Crippen LogP contribution >= 0.6 is 11.3 Å². The molecule has 0 radical (unpaired) electrons. The molecule has 12 nitrogen and oxygen atoms in total. The molecular weight excluding hydrogens is 508 g/mol. The summed E-state index contributed by atoms with van der Waals surface area (Å²) in [5.41, 5.74) is 2.50. The van der Waals surface area contributed by atoms with Gasteiger partial charge < -0.3 is 20.5 Å². The summed E-state index contributed by atoms with van der Waals surface area (Å²) < 4.78 is 9.22. The first-order valence-electron chi connectivity index (χ1n) is 12.2. The number of aromatic nitrogens is 5. The van der Waals surface area contributed by atoms with Crippen molar-refractivity contribution in [3.63, 3.8) is 0 Å². The van der Waals surface area contributed by atoms with Gasteiger partial charge in [-0.3, -0.25) is 24.2 Å². The van der Waals surface area contributed by atoms with E-state index in [0.717, 1.165) is 10.4 Å². The van der Waals surface area contributed by atoms with Gasteiger partial charge in [0, 0.05) is 38.1 Å². The predicted molar refractivity (Wildman–Crippen MR) is 143 cm³/mol. The number of morpholine rings is 1. The monoisotopic (exact) mass is 538 g/mol. The first kappa shape index (κ1) is 26.0. The molecule has 38 heavy (non-hydrogen) atoms. The van der Waals surface area contributed by atoms with Crippen molar-refractivity contribution >= 4 is 39.4 Å². The lowest BCUT2D eigenvalue weighted by Crippen LogP contribution is -2.55. The molecule has 0 saturated carbocycles. The Morgan fingerprint density at radius 2 is 2.03 bits per heavy atom. The lowest BCUT2D eigenvalue weighted by atomic mass is 10.1. The highest BCUT2D eigenvalue weighted by atomic mass is 32.1. The van der Waals surface area contributed by atoms with Gasteiger partial charge in [0.25, 0.3) is 5.91 Å². The number of nitrogens with one attached hydrogen (secondary N) is 2. The van der Waals surface area contributed by atoms with Crippen LogP contribution < -0.4 is 10.6 Å². The van der Waals surface area contributed by atoms with Crippen molar-refractivity contribution in [3.8, 4) is 10.4 Å². The minimum Gasteiger partial charge on any atom is -0.394 e. The first-order valence-corrected chi connectivity index (χ1v) is 13.0. The zero-order valence-electron chi connectivity index (χ0n) is 21.6. The summed E-state index contributed by atoms with van der Waals surface area (Å²) in [6.07, 6.45) is 8.30. The van der Waals surface area contributed by atoms with Crippen LogP contribution in [0.5, 0.6) is 0 Å². The van der Waals surface area contributed by atoms with E-state index in [1.165, 1.54) is 17.5 Å². The van der Waals surface area contributed by atoms with Gasteiger partial charge in [-0.05, 0) is 26.8 Å². The van der Waals surface area contributed by atoms with Crippen LogP contribution in [-0.2, 0) is 16.6 Å². The van der Waals surface area contributed by atoms with Crippen molar-refractivity contribution < 1.29 is 19.4 Å². The number of pyridine rings is 1. The molecule has 1 unspecified atom stereocenters. The number of rotatable bonds is 7. The number of anilines is 2. The van der Waals surface area contributed by atoms with E-state index in [4.69, 9.17) is 4.74 Å². The number of amides is 2. The van der Waals surface area contributed by atoms with Crippen molar-refractivity contribution in [1.29, 1.82) is 0 Å². The van der Waals surface area contributed by atoms with Crippen LogP contribution in [0.2, 0.25) is 0 Å². The summed E-state index contributed by atoms with van der Waals surface area (Å²) in [6, 6.07) is 1.69. The Morgan fingerprint density at radius 3 is 2.76 bits per heavy atom. The molecule has 4 aromatic heterocycles. The largest absolute Gasteiger partial charge is 0.394 e. The number of aliphatic hydroxyl groups is 1. The zero-order chi connectivity index (χ0) is 27.0. The molecule has 0 spiro atoms. The second kappa shape index (κ2) is 10.3. The predicted octanol–water partition coefficient (Wildman–Crippen LogP) is 2.16. The van der Waals surface area contributed by atoms with E-state index in [1.807, 2.05) is 38.2 Å². The van der Waals surface area contributed by atoms with Gasteiger partial charge in [-0.2, -0.15) is 10.2 Å². The Kier molecular flexibility index (Phi) is 7.01. The number of ether oxygens (including phenoxy) is 1. The average Bonchev–Trinajstić information content (AvgIpc) is 3.55. The SMILES string of the molecule is Cc1ncc(NC(=O)CN2CC(CO)OC(C)(C)C2)cc1NC(=O)c1cnn2cc(-c3cnn(C)c3)sc12. The Hall–Kier alpha value is -3.65. The third-order valence-electron chi connectivity index (χ3n) is 6.17. The van der Waals surface area contributed by atoms with E-state index in [1.54, 1.807) is 34.6 Å². The molecule has 1 atom stereocenters. The van der Waals surface area contributed by atoms with Crippen LogP contribution in [0.3, 0.4) is 0 Å². The molecule has 1 fully saturated rings. The maximum atomic E-state index is 13.2. The number of nitrogens with zero attached hydrogens (tertiary/aromatic N) is 6. The number of fused-ring (bicyclic) bond motifs is 1. The summed E-state index contributed by atoms with van der Waals surface area (Å²) in [7, 11) is 1.85. The van der Waals surface area contributed by atoms with Gasteiger partial charge in [0.1, 0.15) is 4.83 Å². The molecule has 4 aromatic rings. The number of hydrogen-bond acceptors (Lipinski definition) is 9. The lowest BCUT2D eigenvalue weighted by Gasteiger charge is -2.41. The molecule has 5 rings (SSSR count). The molecule has 200 valence electrons. The van der Waals surface area contributed by atoms with Crippen molar-refractivity contribution in [2.75, 3.05) is 36.9 Å². The van der Waals surface area contributed by atoms with E-state index < -0.39 is 5.60 Å². The Labute approximate surface area is 223 Å². The highest BCUT2D eigenvalue weighted by Gasteiger charge is 2.33. The fourth-order valence-corrected chi connectivity index (χ4v) is 5.61. The molecule has 0 aromatic carbocycles. The molecule has 1 aliphatic heterocycles. The number of carbonyl (C=O) groups excluding carboxylic acids is 2. The van der Waals surface area contributed by atoms with Crippen molar-refractivity contribution in [3.05, 3.63) is 48.3 Å². The highest BCUT2D eigenvalue weighted by Crippen LogP contribution is 2.30. The van der Waals surface area contributed by atoms with Gasteiger partial charge >= 0.3 is 0 Å². The number of aryl methyl sites for hydroxylation is 2. The molecule has 1 saturated heterocycles. The van der Waals surface area contributed by atoms with Crippen LogP contribution in [0.25, 0.3) is 15.3 Å². The zero-order valence-corrected chi connectivity index (χ0v) is 22.4. The van der Waals surface area contributed by atoms with Gasteiger partial charge in [0.15, 0.2) is 0 Å². The van der Waals surface area contributed by atoms with Gasteiger partial charge in [-0.15, -0.1) is 11.3 Å². The molecule has 1 aliphatic rings. The Morgan fingerprint density at radius 1 is 1.21 bits per heavy atom.